The van der Waals surface area contributed by atoms with Crippen LogP contribution < -0.4 is 10.6 Å². The predicted octanol–water partition coefficient (Wildman–Crippen LogP) is 0.652. The third-order valence-corrected chi connectivity index (χ3v) is 2.69. The zero-order valence-electron chi connectivity index (χ0n) is 12.7. The van der Waals surface area contributed by atoms with Gasteiger partial charge >= 0.3 is 6.03 Å². The number of likely N-dealkylation sites (N-methyl/N-ethyl adjacent to an activating group) is 1. The first-order valence-electron chi connectivity index (χ1n) is 6.22. The van der Waals surface area contributed by atoms with Gasteiger partial charge in [0.15, 0.2) is 0 Å². The van der Waals surface area contributed by atoms with Gasteiger partial charge in [0.2, 0.25) is 5.91 Å². The molecule has 0 fully saturated rings. The first-order chi connectivity index (χ1) is 9.32. The van der Waals surface area contributed by atoms with Crippen molar-refractivity contribution in [3.05, 3.63) is 23.9 Å². The number of rotatable bonds is 5. The number of hydrogen-bond donors (Lipinski definition) is 1. The molecule has 7 nitrogen and oxygen atoms in total. The van der Waals surface area contributed by atoms with Crippen LogP contribution in [0, 0.1) is 0 Å². The Bertz CT molecular complexity index is 476. The van der Waals surface area contributed by atoms with Gasteiger partial charge in [-0.2, -0.15) is 0 Å². The van der Waals surface area contributed by atoms with Crippen LogP contribution >= 0.6 is 12.4 Å². The first kappa shape index (κ1) is 19.1. The predicted molar refractivity (Wildman–Crippen MR) is 85.0 cm³/mol. The molecule has 8 heteroatoms. The van der Waals surface area contributed by atoms with E-state index in [2.05, 4.69) is 4.98 Å². The van der Waals surface area contributed by atoms with E-state index in [0.29, 0.717) is 24.5 Å². The number of pyridine rings is 1. The Kier molecular flexibility index (Phi) is 7.69. The number of nitrogens with zero attached hydrogens (tertiary/aromatic N) is 4. The summed E-state index contributed by atoms with van der Waals surface area (Å²) >= 11 is 0. The number of amides is 3. The lowest BCUT2D eigenvalue weighted by molar-refractivity contribution is 0.1000. The number of nitrogens with two attached hydrogens (primary N) is 1. The van der Waals surface area contributed by atoms with Crippen LogP contribution in [-0.2, 0) is 0 Å². The number of urea groups is 1. The van der Waals surface area contributed by atoms with E-state index in [1.54, 1.807) is 31.1 Å². The minimum atomic E-state index is -0.539. The molecular weight excluding hydrogens is 294 g/mol. The normalized spacial score (nSPS) is 9.95. The fraction of sp³-hybridized carbons (Fsp3) is 0.462. The molecule has 1 rings (SSSR count). The quantitative estimate of drug-likeness (QED) is 0.865. The van der Waals surface area contributed by atoms with Crippen LogP contribution in [0.25, 0.3) is 0 Å². The van der Waals surface area contributed by atoms with E-state index < -0.39 is 5.91 Å². The molecule has 1 heterocycles. The fourth-order valence-electron chi connectivity index (χ4n) is 1.54. The van der Waals surface area contributed by atoms with Crippen LogP contribution in [0.5, 0.6) is 0 Å². The standard InChI is InChI=1S/C13H21N5O2.ClH/c1-16(2)7-8-18(13(20)17(3)4)11-6-5-10(9-15-11)12(14)19;/h5-6,9H,7-8H2,1-4H3,(H2,14,19);1H. The zero-order valence-corrected chi connectivity index (χ0v) is 13.6. The maximum absolute atomic E-state index is 12.2. The highest BCUT2D eigenvalue weighted by Crippen LogP contribution is 2.13. The lowest BCUT2D eigenvalue weighted by Gasteiger charge is -2.26. The van der Waals surface area contributed by atoms with Gasteiger partial charge in [-0.15, -0.1) is 12.4 Å². The van der Waals surface area contributed by atoms with Gasteiger partial charge in [-0.3, -0.25) is 9.69 Å². The van der Waals surface area contributed by atoms with Crippen LogP contribution in [0.15, 0.2) is 18.3 Å². The molecule has 21 heavy (non-hydrogen) atoms. The van der Waals surface area contributed by atoms with E-state index in [0.717, 1.165) is 0 Å². The topological polar surface area (TPSA) is 82.8 Å². The average molecular weight is 316 g/mol. The van der Waals surface area contributed by atoms with Crippen molar-refractivity contribution in [1.29, 1.82) is 0 Å². The summed E-state index contributed by atoms with van der Waals surface area (Å²) in [5.74, 6) is -0.0432. The third kappa shape index (κ3) is 5.57. The van der Waals surface area contributed by atoms with E-state index in [1.165, 1.54) is 11.1 Å². The number of hydrogen-bond acceptors (Lipinski definition) is 4. The second-order valence-corrected chi connectivity index (χ2v) is 4.90. The van der Waals surface area contributed by atoms with E-state index in [4.69, 9.17) is 5.73 Å². The van der Waals surface area contributed by atoms with E-state index >= 15 is 0 Å². The molecule has 118 valence electrons. The highest BCUT2D eigenvalue weighted by Gasteiger charge is 2.19. The molecule has 0 unspecified atom stereocenters. The van der Waals surface area contributed by atoms with Crippen LogP contribution in [0.1, 0.15) is 10.4 Å². The summed E-state index contributed by atoms with van der Waals surface area (Å²) in [6, 6.07) is 3.03. The molecular formula is C13H22ClN5O2. The number of anilines is 1. The second kappa shape index (κ2) is 8.43. The monoisotopic (exact) mass is 315 g/mol. The van der Waals surface area contributed by atoms with Gasteiger partial charge in [-0.1, -0.05) is 0 Å². The Hall–Kier alpha value is -1.86. The number of halogens is 1. The SMILES string of the molecule is CN(C)CCN(C(=O)N(C)C)c1ccc(C(N)=O)cn1.Cl. The van der Waals surface area contributed by atoms with Crippen molar-refractivity contribution < 1.29 is 9.59 Å². The van der Waals surface area contributed by atoms with Crippen LogP contribution in [-0.4, -0.2) is 68.0 Å². The molecule has 1 aromatic rings. The van der Waals surface area contributed by atoms with Gasteiger partial charge in [-0.05, 0) is 26.2 Å². The van der Waals surface area contributed by atoms with Gasteiger partial charge in [0.05, 0.1) is 5.56 Å². The average Bonchev–Trinajstić information content (AvgIpc) is 2.38. The molecule has 0 aromatic carbocycles. The largest absolute Gasteiger partial charge is 0.366 e. The van der Waals surface area contributed by atoms with Gasteiger partial charge in [0, 0.05) is 33.4 Å². The summed E-state index contributed by atoms with van der Waals surface area (Å²) in [4.78, 5) is 32.4. The van der Waals surface area contributed by atoms with Gasteiger partial charge < -0.3 is 15.5 Å². The maximum atomic E-state index is 12.2. The van der Waals surface area contributed by atoms with E-state index in [9.17, 15) is 9.59 Å². The molecule has 3 amide bonds. The van der Waals surface area contributed by atoms with Crippen molar-refractivity contribution in [3.63, 3.8) is 0 Å². The Morgan fingerprint density at radius 2 is 1.76 bits per heavy atom. The van der Waals surface area contributed by atoms with Crippen LogP contribution in [0.4, 0.5) is 10.6 Å². The molecule has 0 spiro atoms. The van der Waals surface area contributed by atoms with Crippen molar-refractivity contribution in [2.45, 2.75) is 0 Å². The second-order valence-electron chi connectivity index (χ2n) is 4.90. The molecule has 0 aliphatic rings. The molecule has 0 atom stereocenters. The molecule has 0 saturated heterocycles. The molecule has 0 saturated carbocycles. The van der Waals surface area contributed by atoms with Crippen molar-refractivity contribution in [3.8, 4) is 0 Å². The van der Waals surface area contributed by atoms with E-state index in [1.807, 2.05) is 19.0 Å². The fourth-order valence-corrected chi connectivity index (χ4v) is 1.54. The Balaban J connectivity index is 0.00000400. The molecule has 0 radical (unpaired) electrons. The van der Waals surface area contributed by atoms with Gasteiger partial charge in [0.1, 0.15) is 5.82 Å². The Morgan fingerprint density at radius 3 is 2.14 bits per heavy atom. The number of carbonyl (C=O) groups excluding carboxylic acids is 2. The highest BCUT2D eigenvalue weighted by molar-refractivity contribution is 5.94. The first-order valence-corrected chi connectivity index (χ1v) is 6.22. The summed E-state index contributed by atoms with van der Waals surface area (Å²) < 4.78 is 0. The Labute approximate surface area is 131 Å². The lowest BCUT2D eigenvalue weighted by atomic mass is 10.2. The molecule has 0 bridgehead atoms. The van der Waals surface area contributed by atoms with Gasteiger partial charge in [-0.25, -0.2) is 9.78 Å². The van der Waals surface area contributed by atoms with E-state index in [-0.39, 0.29) is 18.4 Å². The molecule has 1 aromatic heterocycles. The third-order valence-electron chi connectivity index (χ3n) is 2.69. The minimum Gasteiger partial charge on any atom is -0.366 e. The van der Waals surface area contributed by atoms with Crippen molar-refractivity contribution in [2.24, 2.45) is 5.73 Å². The summed E-state index contributed by atoms with van der Waals surface area (Å²) in [7, 11) is 7.23. The summed E-state index contributed by atoms with van der Waals surface area (Å²) in [6.07, 6.45) is 1.38. The van der Waals surface area contributed by atoms with Crippen LogP contribution in [0.2, 0.25) is 0 Å². The van der Waals surface area contributed by atoms with Crippen LogP contribution in [0.3, 0.4) is 0 Å². The lowest BCUT2D eigenvalue weighted by Crippen LogP contribution is -2.43. The number of carbonyl (C=O) groups is 2. The summed E-state index contributed by atoms with van der Waals surface area (Å²) in [6.45, 7) is 1.21. The summed E-state index contributed by atoms with van der Waals surface area (Å²) in [5, 5.41) is 0. The van der Waals surface area contributed by atoms with Crippen molar-refractivity contribution in [2.75, 3.05) is 46.2 Å². The molecule has 0 aliphatic carbocycles. The Morgan fingerprint density at radius 1 is 1.14 bits per heavy atom. The highest BCUT2D eigenvalue weighted by atomic mass is 35.5. The summed E-state index contributed by atoms with van der Waals surface area (Å²) in [5.41, 5.74) is 5.49. The minimum absolute atomic E-state index is 0. The zero-order chi connectivity index (χ0) is 15.3. The van der Waals surface area contributed by atoms with Gasteiger partial charge in [0.25, 0.3) is 0 Å². The van der Waals surface area contributed by atoms with Crippen molar-refractivity contribution >= 4 is 30.2 Å². The molecule has 2 N–H and O–H groups in total. The smallest absolute Gasteiger partial charge is 0.325 e. The number of aromatic nitrogens is 1. The van der Waals surface area contributed by atoms with Crippen molar-refractivity contribution in [1.82, 2.24) is 14.8 Å². The molecule has 0 aliphatic heterocycles. The maximum Gasteiger partial charge on any atom is 0.325 e. The number of primary amides is 1.